The summed E-state index contributed by atoms with van der Waals surface area (Å²) in [5.74, 6) is 0. The number of nitrogens with zero attached hydrogens (tertiary/aromatic N) is 2. The van der Waals surface area contributed by atoms with Crippen LogP contribution < -0.4 is 0 Å². The topological polar surface area (TPSA) is 22.5 Å². The minimum atomic E-state index is 0.892. The first-order chi connectivity index (χ1) is 27.7. The molecule has 8 aromatic carbocycles. The van der Waals surface area contributed by atoms with Crippen molar-refractivity contribution >= 4 is 92.5 Å². The second-order valence-electron chi connectivity index (χ2n) is 14.9. The van der Waals surface area contributed by atoms with Crippen LogP contribution in [0.15, 0.2) is 186 Å². The van der Waals surface area contributed by atoms with Gasteiger partial charge in [-0.05, 0) is 94.5 Å². The maximum absolute atomic E-state index is 6.46. The summed E-state index contributed by atoms with van der Waals surface area (Å²) in [6, 6.07) is 66.3. The SMILES string of the molecule is c1ccc(-c2ccc3c(c2)c2ccccc2n3-c2ccc3oc4ccc(-c5ccc6c(c5)c5cccc7c8cc(-c9ccccc9)sc8n6c57)cc4c3c2)cc1. The van der Waals surface area contributed by atoms with Crippen LogP contribution in [-0.4, -0.2) is 8.97 Å². The number of rotatable bonds is 4. The van der Waals surface area contributed by atoms with E-state index in [9.17, 15) is 0 Å². The highest BCUT2D eigenvalue weighted by Gasteiger charge is 2.21. The van der Waals surface area contributed by atoms with Gasteiger partial charge in [0, 0.05) is 53.7 Å². The van der Waals surface area contributed by atoms with Crippen molar-refractivity contribution in [1.82, 2.24) is 8.97 Å². The smallest absolute Gasteiger partial charge is 0.135 e. The van der Waals surface area contributed by atoms with Crippen molar-refractivity contribution in [2.75, 3.05) is 0 Å². The molecule has 0 N–H and O–H groups in total. The highest BCUT2D eigenvalue weighted by Crippen LogP contribution is 2.45. The summed E-state index contributed by atoms with van der Waals surface area (Å²) >= 11 is 1.88. The molecule has 0 radical (unpaired) electrons. The summed E-state index contributed by atoms with van der Waals surface area (Å²) in [5.41, 5.74) is 13.9. The molecule has 0 atom stereocenters. The van der Waals surface area contributed by atoms with Gasteiger partial charge >= 0.3 is 0 Å². The van der Waals surface area contributed by atoms with Crippen LogP contribution in [0.4, 0.5) is 0 Å². The van der Waals surface area contributed by atoms with Gasteiger partial charge in [-0.15, -0.1) is 11.3 Å². The van der Waals surface area contributed by atoms with Gasteiger partial charge in [0.05, 0.1) is 22.1 Å². The van der Waals surface area contributed by atoms with Crippen molar-refractivity contribution in [2.24, 2.45) is 0 Å². The molecular formula is C52H30N2OS. The van der Waals surface area contributed by atoms with E-state index in [1.807, 2.05) is 11.3 Å². The maximum Gasteiger partial charge on any atom is 0.135 e. The third-order valence-electron chi connectivity index (χ3n) is 11.9. The molecule has 4 heteroatoms. The number of aromatic nitrogens is 2. The summed E-state index contributed by atoms with van der Waals surface area (Å²) in [6.45, 7) is 0. The first-order valence-electron chi connectivity index (χ1n) is 19.1. The van der Waals surface area contributed by atoms with Gasteiger partial charge in [0.15, 0.2) is 0 Å². The fourth-order valence-corrected chi connectivity index (χ4v) is 10.5. The van der Waals surface area contributed by atoms with E-state index in [0.717, 1.165) is 27.6 Å². The van der Waals surface area contributed by atoms with E-state index in [2.05, 4.69) is 191 Å². The fraction of sp³-hybridized carbons (Fsp3) is 0. The molecule has 5 aromatic heterocycles. The Morgan fingerprint density at radius 2 is 0.929 bits per heavy atom. The lowest BCUT2D eigenvalue weighted by Crippen LogP contribution is -1.93. The monoisotopic (exact) mass is 730 g/mol. The second kappa shape index (κ2) is 11.2. The van der Waals surface area contributed by atoms with Crippen LogP contribution in [0.25, 0.3) is 120 Å². The van der Waals surface area contributed by atoms with Gasteiger partial charge in [-0.2, -0.15) is 0 Å². The van der Waals surface area contributed by atoms with Crippen LogP contribution in [0.2, 0.25) is 0 Å². The van der Waals surface area contributed by atoms with E-state index < -0.39 is 0 Å². The quantitative estimate of drug-likeness (QED) is 0.177. The molecule has 0 fully saturated rings. The molecular weight excluding hydrogens is 701 g/mol. The van der Waals surface area contributed by atoms with E-state index in [1.54, 1.807) is 0 Å². The Hall–Kier alpha value is -7.14. The Morgan fingerprint density at radius 3 is 1.73 bits per heavy atom. The lowest BCUT2D eigenvalue weighted by atomic mass is 10.00. The van der Waals surface area contributed by atoms with Crippen LogP contribution >= 0.6 is 11.3 Å². The van der Waals surface area contributed by atoms with Crippen molar-refractivity contribution in [1.29, 1.82) is 0 Å². The number of benzene rings is 8. The Kier molecular flexibility index (Phi) is 6.04. The lowest BCUT2D eigenvalue weighted by Gasteiger charge is -2.09. The van der Waals surface area contributed by atoms with Gasteiger partial charge in [-0.3, -0.25) is 4.40 Å². The van der Waals surface area contributed by atoms with Crippen molar-refractivity contribution in [3.63, 3.8) is 0 Å². The molecule has 13 rings (SSSR count). The van der Waals surface area contributed by atoms with E-state index in [1.165, 1.54) is 91.9 Å². The van der Waals surface area contributed by atoms with Crippen molar-refractivity contribution in [3.05, 3.63) is 182 Å². The summed E-state index contributed by atoms with van der Waals surface area (Å²) in [7, 11) is 0. The Balaban J connectivity index is 0.959. The molecule has 0 aliphatic carbocycles. The summed E-state index contributed by atoms with van der Waals surface area (Å²) < 4.78 is 11.3. The second-order valence-corrected chi connectivity index (χ2v) is 15.9. The summed E-state index contributed by atoms with van der Waals surface area (Å²) in [5, 5.41) is 9.94. The molecule has 13 aromatic rings. The molecule has 0 unspecified atom stereocenters. The molecule has 0 saturated carbocycles. The number of furan rings is 1. The number of fused-ring (bicyclic) bond motifs is 12. The van der Waals surface area contributed by atoms with Crippen molar-refractivity contribution in [3.8, 4) is 38.4 Å². The minimum absolute atomic E-state index is 0.892. The predicted molar refractivity (Wildman–Crippen MR) is 237 cm³/mol. The van der Waals surface area contributed by atoms with Gasteiger partial charge < -0.3 is 8.98 Å². The van der Waals surface area contributed by atoms with Gasteiger partial charge in [-0.25, -0.2) is 0 Å². The van der Waals surface area contributed by atoms with E-state index >= 15 is 0 Å². The van der Waals surface area contributed by atoms with Gasteiger partial charge in [-0.1, -0.05) is 115 Å². The zero-order chi connectivity index (χ0) is 36.5. The average Bonchev–Trinajstić information content (AvgIpc) is 4.07. The zero-order valence-corrected chi connectivity index (χ0v) is 30.8. The molecule has 0 aliphatic rings. The lowest BCUT2D eigenvalue weighted by molar-refractivity contribution is 0.669. The number of hydrogen-bond donors (Lipinski definition) is 0. The van der Waals surface area contributed by atoms with Crippen molar-refractivity contribution < 1.29 is 4.42 Å². The summed E-state index contributed by atoms with van der Waals surface area (Å²) in [4.78, 5) is 2.61. The molecule has 3 nitrogen and oxygen atoms in total. The van der Waals surface area contributed by atoms with Crippen LogP contribution in [0.3, 0.4) is 0 Å². The van der Waals surface area contributed by atoms with Crippen LogP contribution in [0, 0.1) is 0 Å². The first-order valence-corrected chi connectivity index (χ1v) is 19.9. The Labute approximate surface area is 324 Å². The molecule has 260 valence electrons. The van der Waals surface area contributed by atoms with E-state index in [0.29, 0.717) is 0 Å². The fourth-order valence-electron chi connectivity index (χ4n) is 9.31. The first kappa shape index (κ1) is 30.2. The van der Waals surface area contributed by atoms with Gasteiger partial charge in [0.1, 0.15) is 16.0 Å². The number of para-hydroxylation sites is 2. The highest BCUT2D eigenvalue weighted by molar-refractivity contribution is 7.22. The summed E-state index contributed by atoms with van der Waals surface area (Å²) in [6.07, 6.45) is 0. The van der Waals surface area contributed by atoms with Crippen LogP contribution in [0.5, 0.6) is 0 Å². The Bertz CT molecular complexity index is 3690. The average molecular weight is 731 g/mol. The van der Waals surface area contributed by atoms with Crippen LogP contribution in [-0.2, 0) is 0 Å². The molecule has 5 heterocycles. The molecule has 56 heavy (non-hydrogen) atoms. The predicted octanol–water partition coefficient (Wildman–Crippen LogP) is 14.9. The maximum atomic E-state index is 6.46. The number of thiophene rings is 1. The Morgan fingerprint density at radius 1 is 0.357 bits per heavy atom. The zero-order valence-electron chi connectivity index (χ0n) is 30.0. The van der Waals surface area contributed by atoms with E-state index in [-0.39, 0.29) is 0 Å². The third-order valence-corrected chi connectivity index (χ3v) is 13.0. The largest absolute Gasteiger partial charge is 0.456 e. The third kappa shape index (κ3) is 4.16. The minimum Gasteiger partial charge on any atom is -0.456 e. The standard InChI is InChI=1S/C52H30N2OS/c1-3-10-31(11-4-1)33-18-22-46-40(26-33)37-14-7-8-17-45(37)53(46)36-21-25-49-43(29-36)42-28-35(20-24-48(42)55-49)34-19-23-47-41(27-34)38-15-9-16-39-44-30-50(32-12-5-2-6-13-32)56-52(44)54(47)51(38)39/h1-30H. The van der Waals surface area contributed by atoms with Gasteiger partial charge in [0.25, 0.3) is 0 Å². The molecule has 0 aliphatic heterocycles. The van der Waals surface area contributed by atoms with Gasteiger partial charge in [0.2, 0.25) is 0 Å². The van der Waals surface area contributed by atoms with Crippen LogP contribution in [0.1, 0.15) is 0 Å². The highest BCUT2D eigenvalue weighted by atomic mass is 32.1. The number of hydrogen-bond acceptors (Lipinski definition) is 2. The molecule has 0 spiro atoms. The normalized spacial score (nSPS) is 12.3. The molecule has 0 amide bonds. The van der Waals surface area contributed by atoms with E-state index in [4.69, 9.17) is 4.42 Å². The molecule has 0 saturated heterocycles. The van der Waals surface area contributed by atoms with Crippen molar-refractivity contribution in [2.45, 2.75) is 0 Å². The molecule has 0 bridgehead atoms.